The van der Waals surface area contributed by atoms with Gasteiger partial charge in [-0.25, -0.2) is 4.68 Å². The van der Waals surface area contributed by atoms with E-state index < -0.39 is 0 Å². The number of H-pyrrole nitrogens is 1. The second-order valence-electron chi connectivity index (χ2n) is 6.26. The number of aromatic nitrogens is 2. The normalized spacial score (nSPS) is 16.7. The van der Waals surface area contributed by atoms with E-state index in [4.69, 9.17) is 4.74 Å². The first-order valence-corrected chi connectivity index (χ1v) is 8.36. The van der Waals surface area contributed by atoms with Crippen molar-refractivity contribution in [3.63, 3.8) is 0 Å². The van der Waals surface area contributed by atoms with E-state index in [1.165, 1.54) is 0 Å². The molecule has 2 heterocycles. The molecule has 1 aromatic heterocycles. The highest BCUT2D eigenvalue weighted by Crippen LogP contribution is 2.02. The largest absolute Gasteiger partial charge is 0.379 e. The van der Waals surface area contributed by atoms with Gasteiger partial charge in [-0.1, -0.05) is 12.1 Å². The maximum atomic E-state index is 12.4. The van der Waals surface area contributed by atoms with Gasteiger partial charge in [0.1, 0.15) is 6.54 Å². The lowest BCUT2D eigenvalue weighted by Gasteiger charge is -2.29. The number of aromatic amines is 1. The molecule has 0 bridgehead atoms. The zero-order chi connectivity index (χ0) is 17.8. The number of morpholine rings is 1. The molecule has 1 amide bonds. The highest BCUT2D eigenvalue weighted by molar-refractivity contribution is 5.81. The number of ether oxygens (including phenoxy) is 1. The number of fused-ring (bicyclic) bond motifs is 1. The number of carbonyl (C=O) groups is 1. The van der Waals surface area contributed by atoms with Gasteiger partial charge in [0, 0.05) is 25.7 Å². The minimum absolute atomic E-state index is 0.0616. The Balaban J connectivity index is 1.66. The molecular weight excluding hydrogens is 324 g/mol. The van der Waals surface area contributed by atoms with Gasteiger partial charge >= 0.3 is 0 Å². The van der Waals surface area contributed by atoms with Gasteiger partial charge in [0.05, 0.1) is 24.0 Å². The van der Waals surface area contributed by atoms with E-state index in [0.717, 1.165) is 24.3 Å². The van der Waals surface area contributed by atoms with Gasteiger partial charge in [0.25, 0.3) is 11.1 Å². The molecule has 1 saturated heterocycles. The first-order valence-electron chi connectivity index (χ1n) is 8.36. The van der Waals surface area contributed by atoms with Crippen molar-refractivity contribution in [3.8, 4) is 0 Å². The Bertz CT molecular complexity index is 867. The molecule has 1 fully saturated rings. The quantitative estimate of drug-likeness (QED) is 0.763. The molecule has 8 nitrogen and oxygen atoms in total. The fourth-order valence-corrected chi connectivity index (χ4v) is 3.04. The lowest BCUT2D eigenvalue weighted by molar-refractivity contribution is -0.122. The molecule has 0 aliphatic carbocycles. The summed E-state index contributed by atoms with van der Waals surface area (Å²) in [5.41, 5.74) is -0.768. The van der Waals surface area contributed by atoms with Crippen molar-refractivity contribution in [3.05, 3.63) is 45.0 Å². The van der Waals surface area contributed by atoms with Crippen molar-refractivity contribution in [2.24, 2.45) is 0 Å². The number of hydrogen-bond donors (Lipinski definition) is 2. The Morgan fingerprint density at radius 3 is 2.64 bits per heavy atom. The number of rotatable bonds is 5. The van der Waals surface area contributed by atoms with Crippen LogP contribution in [0.25, 0.3) is 10.8 Å². The molecule has 0 saturated carbocycles. The van der Waals surface area contributed by atoms with Crippen molar-refractivity contribution < 1.29 is 9.53 Å². The van der Waals surface area contributed by atoms with Crippen molar-refractivity contribution in [1.29, 1.82) is 0 Å². The number of nitrogens with one attached hydrogen (secondary N) is 2. The monoisotopic (exact) mass is 346 g/mol. The van der Waals surface area contributed by atoms with Crippen LogP contribution < -0.4 is 16.4 Å². The molecule has 134 valence electrons. The maximum Gasteiger partial charge on any atom is 0.273 e. The number of benzene rings is 1. The zero-order valence-electron chi connectivity index (χ0n) is 14.2. The van der Waals surface area contributed by atoms with E-state index in [1.807, 2.05) is 6.92 Å². The Morgan fingerprint density at radius 1 is 1.24 bits per heavy atom. The molecule has 2 aromatic rings. The third-order valence-corrected chi connectivity index (χ3v) is 4.23. The summed E-state index contributed by atoms with van der Waals surface area (Å²) in [6, 6.07) is 6.50. The molecular formula is C17H22N4O4. The van der Waals surface area contributed by atoms with Gasteiger partial charge in [0.15, 0.2) is 0 Å². The SMILES string of the molecule is C[C@H](CN1CCOCC1)NC(=O)Cn1[nH]c(=O)c2ccccc2c1=O. The van der Waals surface area contributed by atoms with Crippen LogP contribution in [0.15, 0.2) is 33.9 Å². The van der Waals surface area contributed by atoms with E-state index in [9.17, 15) is 14.4 Å². The highest BCUT2D eigenvalue weighted by atomic mass is 16.5. The first kappa shape index (κ1) is 17.4. The van der Waals surface area contributed by atoms with Gasteiger partial charge < -0.3 is 10.1 Å². The van der Waals surface area contributed by atoms with E-state index in [0.29, 0.717) is 24.0 Å². The fourth-order valence-electron chi connectivity index (χ4n) is 3.04. The fraction of sp³-hybridized carbons (Fsp3) is 0.471. The zero-order valence-corrected chi connectivity index (χ0v) is 14.2. The van der Waals surface area contributed by atoms with E-state index in [-0.39, 0.29) is 29.6 Å². The second kappa shape index (κ2) is 7.62. The summed E-state index contributed by atoms with van der Waals surface area (Å²) in [5, 5.41) is 5.96. The summed E-state index contributed by atoms with van der Waals surface area (Å²) in [4.78, 5) is 38.9. The maximum absolute atomic E-state index is 12.4. The van der Waals surface area contributed by atoms with Crippen LogP contribution in [0.3, 0.4) is 0 Å². The minimum atomic E-state index is -0.385. The highest BCUT2D eigenvalue weighted by Gasteiger charge is 2.16. The summed E-state index contributed by atoms with van der Waals surface area (Å²) in [7, 11) is 0. The van der Waals surface area contributed by atoms with E-state index in [1.54, 1.807) is 24.3 Å². The smallest absolute Gasteiger partial charge is 0.273 e. The molecule has 0 spiro atoms. The first-order chi connectivity index (χ1) is 12.0. The van der Waals surface area contributed by atoms with Crippen molar-refractivity contribution in [2.75, 3.05) is 32.8 Å². The van der Waals surface area contributed by atoms with Gasteiger partial charge in [-0.2, -0.15) is 0 Å². The average molecular weight is 346 g/mol. The van der Waals surface area contributed by atoms with Crippen LogP contribution in [0, 0.1) is 0 Å². The molecule has 1 aliphatic heterocycles. The molecule has 3 rings (SSSR count). The van der Waals surface area contributed by atoms with Crippen LogP contribution in [0.5, 0.6) is 0 Å². The lowest BCUT2D eigenvalue weighted by Crippen LogP contribution is -2.47. The molecule has 1 atom stereocenters. The second-order valence-corrected chi connectivity index (χ2v) is 6.26. The molecule has 2 N–H and O–H groups in total. The molecule has 25 heavy (non-hydrogen) atoms. The summed E-state index contributed by atoms with van der Waals surface area (Å²) in [6.45, 7) is 5.52. The average Bonchev–Trinajstić information content (AvgIpc) is 2.60. The summed E-state index contributed by atoms with van der Waals surface area (Å²) in [6.07, 6.45) is 0. The molecule has 8 heteroatoms. The van der Waals surface area contributed by atoms with Crippen LogP contribution in [0.1, 0.15) is 6.92 Å². The number of hydrogen-bond acceptors (Lipinski definition) is 5. The van der Waals surface area contributed by atoms with Crippen molar-refractivity contribution in [2.45, 2.75) is 19.5 Å². The predicted octanol–water partition coefficient (Wildman–Crippen LogP) is -0.473. The summed E-state index contributed by atoms with van der Waals surface area (Å²) < 4.78 is 6.36. The summed E-state index contributed by atoms with van der Waals surface area (Å²) in [5.74, 6) is -0.311. The van der Waals surface area contributed by atoms with E-state index >= 15 is 0 Å². The van der Waals surface area contributed by atoms with Gasteiger partial charge in [-0.15, -0.1) is 0 Å². The number of amides is 1. The molecule has 0 radical (unpaired) electrons. The lowest BCUT2D eigenvalue weighted by atomic mass is 10.2. The number of nitrogens with zero attached hydrogens (tertiary/aromatic N) is 2. The van der Waals surface area contributed by atoms with Crippen LogP contribution in [0.4, 0.5) is 0 Å². The molecule has 1 aliphatic rings. The minimum Gasteiger partial charge on any atom is -0.379 e. The van der Waals surface area contributed by atoms with Crippen molar-refractivity contribution in [1.82, 2.24) is 20.0 Å². The molecule has 0 unspecified atom stereocenters. The van der Waals surface area contributed by atoms with Crippen LogP contribution >= 0.6 is 0 Å². The Hall–Kier alpha value is -2.45. The number of carbonyl (C=O) groups excluding carboxylic acids is 1. The Kier molecular flexibility index (Phi) is 5.30. The standard InChI is InChI=1S/C17H22N4O4/c1-12(10-20-6-8-25-9-7-20)18-15(22)11-21-17(24)14-5-3-2-4-13(14)16(23)19-21/h2-5,12H,6-11H2,1H3,(H,18,22)(H,19,23)/t12-/m1/s1. The third kappa shape index (κ3) is 4.15. The van der Waals surface area contributed by atoms with Crippen LogP contribution in [0.2, 0.25) is 0 Å². The Morgan fingerprint density at radius 2 is 1.92 bits per heavy atom. The predicted molar refractivity (Wildman–Crippen MR) is 93.7 cm³/mol. The third-order valence-electron chi connectivity index (χ3n) is 4.23. The van der Waals surface area contributed by atoms with Crippen LogP contribution in [-0.2, 0) is 16.1 Å². The Labute approximate surface area is 144 Å². The topological polar surface area (TPSA) is 96.4 Å². The molecule has 1 aromatic carbocycles. The van der Waals surface area contributed by atoms with Crippen LogP contribution in [-0.4, -0.2) is 59.5 Å². The van der Waals surface area contributed by atoms with E-state index in [2.05, 4.69) is 15.3 Å². The van der Waals surface area contributed by atoms with Gasteiger partial charge in [-0.3, -0.25) is 24.4 Å². The van der Waals surface area contributed by atoms with Gasteiger partial charge in [-0.05, 0) is 19.1 Å². The van der Waals surface area contributed by atoms with Gasteiger partial charge in [0.2, 0.25) is 5.91 Å². The summed E-state index contributed by atoms with van der Waals surface area (Å²) >= 11 is 0. The van der Waals surface area contributed by atoms with Crippen molar-refractivity contribution >= 4 is 16.7 Å².